The molecule has 4 rings (SSSR count). The van der Waals surface area contributed by atoms with E-state index in [9.17, 15) is 5.11 Å². The summed E-state index contributed by atoms with van der Waals surface area (Å²) in [5, 5.41) is 13.5. The lowest BCUT2D eigenvalue weighted by atomic mass is 9.80. The third-order valence-corrected chi connectivity index (χ3v) is 4.95. The van der Waals surface area contributed by atoms with Gasteiger partial charge in [-0.3, -0.25) is 0 Å². The zero-order valence-electron chi connectivity index (χ0n) is 11.9. The molecule has 1 heterocycles. The van der Waals surface area contributed by atoms with Crippen LogP contribution in [0.4, 0.5) is 5.69 Å². The molecule has 2 aromatic rings. The Bertz CT molecular complexity index is 683. The molecule has 2 aliphatic rings. The quantitative estimate of drug-likeness (QED) is 0.703. The highest BCUT2D eigenvalue weighted by molar-refractivity contribution is 5.52. The molecular formula is C18H20N2O. The summed E-state index contributed by atoms with van der Waals surface area (Å²) in [6.07, 6.45) is 2.42. The summed E-state index contributed by atoms with van der Waals surface area (Å²) in [6.45, 7) is 1.06. The Balaban J connectivity index is 1.86. The van der Waals surface area contributed by atoms with Gasteiger partial charge < -0.3 is 16.2 Å². The van der Waals surface area contributed by atoms with Crippen LogP contribution in [0, 0.1) is 5.92 Å². The van der Waals surface area contributed by atoms with Gasteiger partial charge in [-0.05, 0) is 66.3 Å². The fraction of sp³-hybridized carbons (Fsp3) is 0.333. The first-order valence-electron chi connectivity index (χ1n) is 7.65. The van der Waals surface area contributed by atoms with Gasteiger partial charge in [-0.25, -0.2) is 0 Å². The Morgan fingerprint density at radius 1 is 1.10 bits per heavy atom. The molecule has 2 aromatic carbocycles. The number of aromatic hydroxyl groups is 1. The summed E-state index contributed by atoms with van der Waals surface area (Å²) in [5.74, 6) is 1.28. The summed E-state index contributed by atoms with van der Waals surface area (Å²) < 4.78 is 0. The summed E-state index contributed by atoms with van der Waals surface area (Å²) in [5.41, 5.74) is 10.7. The third-order valence-electron chi connectivity index (χ3n) is 4.95. The minimum Gasteiger partial charge on any atom is -0.508 e. The molecule has 4 N–H and O–H groups in total. The van der Waals surface area contributed by atoms with Gasteiger partial charge in [0.1, 0.15) is 5.75 Å². The average Bonchev–Trinajstić information content (AvgIpc) is 2.81. The van der Waals surface area contributed by atoms with Gasteiger partial charge in [0, 0.05) is 17.6 Å². The summed E-state index contributed by atoms with van der Waals surface area (Å²) >= 11 is 0. The number of piperidine rings is 1. The van der Waals surface area contributed by atoms with E-state index in [0.29, 0.717) is 23.6 Å². The van der Waals surface area contributed by atoms with E-state index in [4.69, 9.17) is 5.73 Å². The number of benzene rings is 2. The van der Waals surface area contributed by atoms with Gasteiger partial charge >= 0.3 is 0 Å². The number of hydrogen-bond acceptors (Lipinski definition) is 3. The van der Waals surface area contributed by atoms with Crippen LogP contribution in [0.5, 0.6) is 5.75 Å². The number of rotatable bonds is 1. The molecule has 3 unspecified atom stereocenters. The highest BCUT2D eigenvalue weighted by Crippen LogP contribution is 2.52. The van der Waals surface area contributed by atoms with E-state index < -0.39 is 0 Å². The molecule has 0 bridgehead atoms. The van der Waals surface area contributed by atoms with E-state index in [0.717, 1.165) is 12.2 Å². The van der Waals surface area contributed by atoms with Crippen LogP contribution < -0.4 is 11.1 Å². The molecule has 0 radical (unpaired) electrons. The lowest BCUT2D eigenvalue weighted by Gasteiger charge is -2.31. The predicted octanol–water partition coefficient (Wildman–Crippen LogP) is 3.16. The van der Waals surface area contributed by atoms with Gasteiger partial charge in [0.25, 0.3) is 0 Å². The maximum Gasteiger partial charge on any atom is 0.115 e. The van der Waals surface area contributed by atoms with E-state index in [1.807, 2.05) is 18.2 Å². The van der Waals surface area contributed by atoms with E-state index in [-0.39, 0.29) is 0 Å². The lowest BCUT2D eigenvalue weighted by molar-refractivity contribution is 0.286. The SMILES string of the molecule is Nc1cccc(C2c3ccc(O)cc3C3NCCCC32)c1. The Hall–Kier alpha value is -2.00. The summed E-state index contributed by atoms with van der Waals surface area (Å²) in [6, 6.07) is 14.4. The molecule has 0 amide bonds. The number of nitrogen functional groups attached to an aromatic ring is 1. The van der Waals surface area contributed by atoms with E-state index in [2.05, 4.69) is 23.5 Å². The van der Waals surface area contributed by atoms with Crippen LogP contribution >= 0.6 is 0 Å². The van der Waals surface area contributed by atoms with Crippen LogP contribution in [0.1, 0.15) is 41.5 Å². The number of anilines is 1. The van der Waals surface area contributed by atoms with Crippen molar-refractivity contribution in [2.45, 2.75) is 24.8 Å². The van der Waals surface area contributed by atoms with Gasteiger partial charge in [0.05, 0.1) is 0 Å². The smallest absolute Gasteiger partial charge is 0.115 e. The molecule has 3 heteroatoms. The number of nitrogens with one attached hydrogen (secondary N) is 1. The molecule has 0 spiro atoms. The van der Waals surface area contributed by atoms with Gasteiger partial charge in [-0.2, -0.15) is 0 Å². The van der Waals surface area contributed by atoms with E-state index in [1.54, 1.807) is 6.07 Å². The Morgan fingerprint density at radius 2 is 2.00 bits per heavy atom. The molecule has 1 aliphatic heterocycles. The van der Waals surface area contributed by atoms with Crippen molar-refractivity contribution in [1.29, 1.82) is 0 Å². The monoisotopic (exact) mass is 280 g/mol. The minimum absolute atomic E-state index is 0.354. The second-order valence-electron chi connectivity index (χ2n) is 6.20. The van der Waals surface area contributed by atoms with Crippen LogP contribution in [-0.2, 0) is 0 Å². The van der Waals surface area contributed by atoms with Gasteiger partial charge in [0.15, 0.2) is 0 Å². The van der Waals surface area contributed by atoms with Gasteiger partial charge in [-0.15, -0.1) is 0 Å². The van der Waals surface area contributed by atoms with Gasteiger partial charge in [0.2, 0.25) is 0 Å². The van der Waals surface area contributed by atoms with Crippen molar-refractivity contribution in [1.82, 2.24) is 5.32 Å². The van der Waals surface area contributed by atoms with Crippen molar-refractivity contribution in [3.63, 3.8) is 0 Å². The van der Waals surface area contributed by atoms with Crippen molar-refractivity contribution in [3.05, 3.63) is 59.2 Å². The average molecular weight is 280 g/mol. The van der Waals surface area contributed by atoms with E-state index in [1.165, 1.54) is 29.5 Å². The molecule has 1 saturated heterocycles. The Morgan fingerprint density at radius 3 is 2.86 bits per heavy atom. The highest BCUT2D eigenvalue weighted by atomic mass is 16.3. The van der Waals surface area contributed by atoms with Crippen LogP contribution in [0.25, 0.3) is 0 Å². The molecule has 0 aromatic heterocycles. The first-order valence-corrected chi connectivity index (χ1v) is 7.65. The third kappa shape index (κ3) is 2.00. The largest absolute Gasteiger partial charge is 0.508 e. The topological polar surface area (TPSA) is 58.3 Å². The fourth-order valence-electron chi connectivity index (χ4n) is 4.14. The van der Waals surface area contributed by atoms with Crippen LogP contribution in [-0.4, -0.2) is 11.7 Å². The molecular weight excluding hydrogens is 260 g/mol. The standard InChI is InChI=1S/C18H20N2O/c19-12-4-1-3-11(9-12)17-14-7-6-13(21)10-16(14)18-15(17)5-2-8-20-18/h1,3-4,6-7,9-10,15,17-18,20-21H,2,5,8,19H2. The van der Waals surface area contributed by atoms with Crippen molar-refractivity contribution < 1.29 is 5.11 Å². The van der Waals surface area contributed by atoms with Crippen molar-refractivity contribution in [2.75, 3.05) is 12.3 Å². The van der Waals surface area contributed by atoms with Crippen LogP contribution in [0.15, 0.2) is 42.5 Å². The normalized spacial score (nSPS) is 27.1. The molecule has 21 heavy (non-hydrogen) atoms. The maximum atomic E-state index is 9.84. The second kappa shape index (κ2) is 4.78. The zero-order valence-corrected chi connectivity index (χ0v) is 11.9. The summed E-state index contributed by atoms with van der Waals surface area (Å²) in [4.78, 5) is 0. The first kappa shape index (κ1) is 12.7. The highest BCUT2D eigenvalue weighted by Gasteiger charge is 2.42. The van der Waals surface area contributed by atoms with Gasteiger partial charge in [-0.1, -0.05) is 18.2 Å². The number of hydrogen-bond donors (Lipinski definition) is 3. The summed E-state index contributed by atoms with van der Waals surface area (Å²) in [7, 11) is 0. The van der Waals surface area contributed by atoms with Crippen molar-refractivity contribution in [3.8, 4) is 5.75 Å². The minimum atomic E-state index is 0.354. The van der Waals surface area contributed by atoms with Crippen LogP contribution in [0.3, 0.4) is 0 Å². The number of nitrogens with two attached hydrogens (primary N) is 1. The number of phenolic OH excluding ortho intramolecular Hbond substituents is 1. The molecule has 108 valence electrons. The maximum absolute atomic E-state index is 9.84. The Kier molecular flexibility index (Phi) is 2.89. The molecule has 1 aliphatic carbocycles. The van der Waals surface area contributed by atoms with Crippen molar-refractivity contribution >= 4 is 5.69 Å². The van der Waals surface area contributed by atoms with E-state index >= 15 is 0 Å². The number of phenols is 1. The Labute approximate surface area is 124 Å². The van der Waals surface area contributed by atoms with Crippen LogP contribution in [0.2, 0.25) is 0 Å². The second-order valence-corrected chi connectivity index (χ2v) is 6.20. The predicted molar refractivity (Wildman–Crippen MR) is 84.3 cm³/mol. The fourth-order valence-corrected chi connectivity index (χ4v) is 4.14. The first-order chi connectivity index (χ1) is 10.2. The molecule has 3 atom stereocenters. The molecule has 0 saturated carbocycles. The molecule has 3 nitrogen and oxygen atoms in total. The lowest BCUT2D eigenvalue weighted by Crippen LogP contribution is -2.32. The molecule has 1 fully saturated rings. The number of fused-ring (bicyclic) bond motifs is 3. The zero-order chi connectivity index (χ0) is 14.4. The van der Waals surface area contributed by atoms with Crippen molar-refractivity contribution in [2.24, 2.45) is 5.92 Å².